The van der Waals surface area contributed by atoms with Crippen LogP contribution in [0.1, 0.15) is 24.2 Å². The van der Waals surface area contributed by atoms with Crippen molar-refractivity contribution in [1.82, 2.24) is 5.32 Å². The SMILES string of the molecule is CC1(C)CNCCN1c1ccc(C(=O)O)cc1. The van der Waals surface area contributed by atoms with Gasteiger partial charge in [-0.3, -0.25) is 0 Å². The molecule has 0 aromatic heterocycles. The average Bonchev–Trinajstić information content (AvgIpc) is 2.28. The molecular formula is C13H18N2O2. The smallest absolute Gasteiger partial charge is 0.335 e. The Bertz CT molecular complexity index is 412. The summed E-state index contributed by atoms with van der Waals surface area (Å²) in [5.74, 6) is -0.879. The Morgan fingerprint density at radius 3 is 2.53 bits per heavy atom. The van der Waals surface area contributed by atoms with Gasteiger partial charge in [0.15, 0.2) is 0 Å². The van der Waals surface area contributed by atoms with Crippen molar-refractivity contribution in [2.45, 2.75) is 19.4 Å². The molecule has 1 aliphatic rings. The molecular weight excluding hydrogens is 216 g/mol. The molecule has 1 aromatic carbocycles. The number of hydrogen-bond donors (Lipinski definition) is 2. The molecule has 92 valence electrons. The number of anilines is 1. The Balaban J connectivity index is 2.24. The van der Waals surface area contributed by atoms with E-state index in [1.165, 1.54) is 0 Å². The van der Waals surface area contributed by atoms with E-state index >= 15 is 0 Å². The molecule has 0 unspecified atom stereocenters. The van der Waals surface area contributed by atoms with E-state index in [1.54, 1.807) is 12.1 Å². The van der Waals surface area contributed by atoms with Crippen LogP contribution in [-0.4, -0.2) is 36.2 Å². The Morgan fingerprint density at radius 2 is 2.00 bits per heavy atom. The van der Waals surface area contributed by atoms with Crippen molar-refractivity contribution < 1.29 is 9.90 Å². The standard InChI is InChI=1S/C13H18N2O2/c1-13(2)9-14-7-8-15(13)11-5-3-10(4-6-11)12(16)17/h3-6,14H,7-9H2,1-2H3,(H,16,17). The molecule has 2 rings (SSSR count). The molecule has 17 heavy (non-hydrogen) atoms. The molecule has 0 atom stereocenters. The lowest BCUT2D eigenvalue weighted by molar-refractivity contribution is 0.0697. The second-order valence-corrected chi connectivity index (χ2v) is 4.99. The van der Waals surface area contributed by atoms with Crippen LogP contribution >= 0.6 is 0 Å². The maximum atomic E-state index is 10.8. The number of carbonyl (C=O) groups is 1. The van der Waals surface area contributed by atoms with Gasteiger partial charge in [0, 0.05) is 30.9 Å². The zero-order valence-electron chi connectivity index (χ0n) is 10.2. The monoisotopic (exact) mass is 234 g/mol. The first kappa shape index (κ1) is 11.9. The second kappa shape index (κ2) is 4.37. The van der Waals surface area contributed by atoms with Crippen LogP contribution in [0.3, 0.4) is 0 Å². The van der Waals surface area contributed by atoms with Gasteiger partial charge in [0.2, 0.25) is 0 Å². The van der Waals surface area contributed by atoms with Gasteiger partial charge in [0.05, 0.1) is 5.56 Å². The van der Waals surface area contributed by atoms with Gasteiger partial charge in [-0.2, -0.15) is 0 Å². The first-order chi connectivity index (χ1) is 8.00. The van der Waals surface area contributed by atoms with Crippen molar-refractivity contribution >= 4 is 11.7 Å². The Labute approximate surface area is 101 Å². The summed E-state index contributed by atoms with van der Waals surface area (Å²) >= 11 is 0. The third-order valence-electron chi connectivity index (χ3n) is 3.23. The Morgan fingerprint density at radius 1 is 1.35 bits per heavy atom. The predicted molar refractivity (Wildman–Crippen MR) is 67.7 cm³/mol. The number of hydrogen-bond acceptors (Lipinski definition) is 3. The van der Waals surface area contributed by atoms with Gasteiger partial charge in [-0.15, -0.1) is 0 Å². The lowest BCUT2D eigenvalue weighted by atomic mass is 9.99. The number of nitrogens with one attached hydrogen (secondary N) is 1. The van der Waals surface area contributed by atoms with Crippen molar-refractivity contribution in [3.8, 4) is 0 Å². The van der Waals surface area contributed by atoms with Crippen molar-refractivity contribution in [2.24, 2.45) is 0 Å². The fourth-order valence-corrected chi connectivity index (χ4v) is 2.25. The highest BCUT2D eigenvalue weighted by atomic mass is 16.4. The van der Waals surface area contributed by atoms with Crippen LogP contribution < -0.4 is 10.2 Å². The molecule has 2 N–H and O–H groups in total. The molecule has 0 bridgehead atoms. The Hall–Kier alpha value is -1.55. The number of carboxylic acids is 1. The normalized spacial score (nSPS) is 19.1. The molecule has 0 aliphatic carbocycles. The molecule has 0 spiro atoms. The summed E-state index contributed by atoms with van der Waals surface area (Å²) in [4.78, 5) is 13.1. The molecule has 0 amide bonds. The average molecular weight is 234 g/mol. The second-order valence-electron chi connectivity index (χ2n) is 4.99. The number of carboxylic acid groups (broad SMARTS) is 1. The van der Waals surface area contributed by atoms with Gasteiger partial charge in [0.25, 0.3) is 0 Å². The summed E-state index contributed by atoms with van der Waals surface area (Å²) in [5, 5.41) is 12.2. The fraction of sp³-hybridized carbons (Fsp3) is 0.462. The van der Waals surface area contributed by atoms with Crippen LogP contribution in [0.15, 0.2) is 24.3 Å². The number of rotatable bonds is 2. The summed E-state index contributed by atoms with van der Waals surface area (Å²) in [5.41, 5.74) is 1.48. The molecule has 1 heterocycles. The summed E-state index contributed by atoms with van der Waals surface area (Å²) in [6.45, 7) is 7.21. The largest absolute Gasteiger partial charge is 0.478 e. The van der Waals surface area contributed by atoms with E-state index in [1.807, 2.05) is 12.1 Å². The van der Waals surface area contributed by atoms with E-state index in [0.29, 0.717) is 5.56 Å². The van der Waals surface area contributed by atoms with E-state index in [4.69, 9.17) is 5.11 Å². The zero-order valence-corrected chi connectivity index (χ0v) is 10.2. The number of piperazine rings is 1. The fourth-order valence-electron chi connectivity index (χ4n) is 2.25. The van der Waals surface area contributed by atoms with Crippen LogP contribution in [0.4, 0.5) is 5.69 Å². The molecule has 1 saturated heterocycles. The van der Waals surface area contributed by atoms with Crippen molar-refractivity contribution in [3.63, 3.8) is 0 Å². The molecule has 0 saturated carbocycles. The highest BCUT2D eigenvalue weighted by molar-refractivity contribution is 5.88. The first-order valence-corrected chi connectivity index (χ1v) is 5.82. The van der Waals surface area contributed by atoms with Gasteiger partial charge >= 0.3 is 5.97 Å². The van der Waals surface area contributed by atoms with E-state index in [2.05, 4.69) is 24.1 Å². The molecule has 1 aliphatic heterocycles. The van der Waals surface area contributed by atoms with E-state index in [-0.39, 0.29) is 5.54 Å². The lowest BCUT2D eigenvalue weighted by Crippen LogP contribution is -2.58. The summed E-state index contributed by atoms with van der Waals surface area (Å²) in [6.07, 6.45) is 0. The summed E-state index contributed by atoms with van der Waals surface area (Å²) in [7, 11) is 0. The van der Waals surface area contributed by atoms with Crippen LogP contribution in [-0.2, 0) is 0 Å². The molecule has 1 aromatic rings. The van der Waals surface area contributed by atoms with E-state index in [9.17, 15) is 4.79 Å². The topological polar surface area (TPSA) is 52.6 Å². The highest BCUT2D eigenvalue weighted by Gasteiger charge is 2.29. The number of aromatic carboxylic acids is 1. The third kappa shape index (κ3) is 2.42. The van der Waals surface area contributed by atoms with E-state index in [0.717, 1.165) is 25.3 Å². The minimum Gasteiger partial charge on any atom is -0.478 e. The number of benzene rings is 1. The predicted octanol–water partition coefficient (Wildman–Crippen LogP) is 1.57. The van der Waals surface area contributed by atoms with Gasteiger partial charge < -0.3 is 15.3 Å². The van der Waals surface area contributed by atoms with Gasteiger partial charge in [0.1, 0.15) is 0 Å². The van der Waals surface area contributed by atoms with Gasteiger partial charge in [-0.25, -0.2) is 4.79 Å². The summed E-state index contributed by atoms with van der Waals surface area (Å²) in [6, 6.07) is 7.10. The Kier molecular flexibility index (Phi) is 3.07. The highest BCUT2D eigenvalue weighted by Crippen LogP contribution is 2.25. The van der Waals surface area contributed by atoms with Gasteiger partial charge in [-0.05, 0) is 38.1 Å². The van der Waals surface area contributed by atoms with Crippen LogP contribution in [0.2, 0.25) is 0 Å². The first-order valence-electron chi connectivity index (χ1n) is 5.82. The molecule has 1 fully saturated rings. The van der Waals surface area contributed by atoms with E-state index < -0.39 is 5.97 Å². The van der Waals surface area contributed by atoms with Crippen LogP contribution in [0.25, 0.3) is 0 Å². The van der Waals surface area contributed by atoms with Gasteiger partial charge in [-0.1, -0.05) is 0 Å². The van der Waals surface area contributed by atoms with Crippen molar-refractivity contribution in [1.29, 1.82) is 0 Å². The zero-order chi connectivity index (χ0) is 12.5. The van der Waals surface area contributed by atoms with Crippen molar-refractivity contribution in [3.05, 3.63) is 29.8 Å². The number of nitrogens with zero attached hydrogens (tertiary/aromatic N) is 1. The lowest BCUT2D eigenvalue weighted by Gasteiger charge is -2.44. The van der Waals surface area contributed by atoms with Crippen molar-refractivity contribution in [2.75, 3.05) is 24.5 Å². The van der Waals surface area contributed by atoms with Crippen LogP contribution in [0.5, 0.6) is 0 Å². The maximum absolute atomic E-state index is 10.8. The quantitative estimate of drug-likeness (QED) is 0.815. The maximum Gasteiger partial charge on any atom is 0.335 e. The molecule has 4 nitrogen and oxygen atoms in total. The third-order valence-corrected chi connectivity index (χ3v) is 3.23. The minimum atomic E-state index is -0.879. The van der Waals surface area contributed by atoms with Crippen LogP contribution in [0, 0.1) is 0 Å². The minimum absolute atomic E-state index is 0.0585. The molecule has 0 radical (unpaired) electrons. The molecule has 4 heteroatoms. The summed E-state index contributed by atoms with van der Waals surface area (Å²) < 4.78 is 0.